The van der Waals surface area contributed by atoms with Gasteiger partial charge in [-0.25, -0.2) is 4.79 Å². The molecule has 120 valence electrons. The Kier molecular flexibility index (Phi) is 5.36. The van der Waals surface area contributed by atoms with Crippen LogP contribution in [0.1, 0.15) is 29.8 Å². The van der Waals surface area contributed by atoms with Crippen LogP contribution in [0.4, 0.5) is 5.69 Å². The lowest BCUT2D eigenvalue weighted by Crippen LogP contribution is -2.30. The minimum Gasteiger partial charge on any atom is -0.481 e. The first-order chi connectivity index (χ1) is 11.0. The van der Waals surface area contributed by atoms with Crippen LogP contribution in [0.5, 0.6) is 5.75 Å². The first-order valence-electron chi connectivity index (χ1n) is 7.40. The van der Waals surface area contributed by atoms with Crippen molar-refractivity contribution in [3.05, 3.63) is 59.7 Å². The minimum absolute atomic E-state index is 0.0420. The molecule has 1 atom stereocenters. The Morgan fingerprint density at radius 3 is 2.39 bits per heavy atom. The van der Waals surface area contributed by atoms with E-state index in [1.807, 2.05) is 24.3 Å². The lowest BCUT2D eigenvalue weighted by molar-refractivity contribution is -0.122. The number of carbonyl (C=O) groups is 2. The van der Waals surface area contributed by atoms with E-state index < -0.39 is 18.0 Å². The van der Waals surface area contributed by atoms with Gasteiger partial charge in [-0.1, -0.05) is 31.2 Å². The van der Waals surface area contributed by atoms with Gasteiger partial charge in [-0.15, -0.1) is 0 Å². The van der Waals surface area contributed by atoms with Crippen molar-refractivity contribution in [3.8, 4) is 5.75 Å². The maximum atomic E-state index is 12.2. The molecule has 0 saturated heterocycles. The van der Waals surface area contributed by atoms with Gasteiger partial charge in [-0.3, -0.25) is 4.79 Å². The second-order valence-corrected chi connectivity index (χ2v) is 5.10. The first-order valence-corrected chi connectivity index (χ1v) is 7.40. The van der Waals surface area contributed by atoms with Gasteiger partial charge in [0.1, 0.15) is 5.75 Å². The van der Waals surface area contributed by atoms with Crippen molar-refractivity contribution >= 4 is 17.6 Å². The third kappa shape index (κ3) is 4.32. The Hall–Kier alpha value is -2.82. The summed E-state index contributed by atoms with van der Waals surface area (Å²) in [6.45, 7) is 3.68. The molecule has 0 aliphatic heterocycles. The number of anilines is 1. The number of carboxylic acid groups (broad SMARTS) is 1. The summed E-state index contributed by atoms with van der Waals surface area (Å²) >= 11 is 0. The molecule has 23 heavy (non-hydrogen) atoms. The molecule has 0 spiro atoms. The number of benzene rings is 2. The number of para-hydroxylation sites is 1. The smallest absolute Gasteiger partial charge is 0.337 e. The molecular formula is C18H19NO4. The number of aryl methyl sites for hydroxylation is 1. The number of hydrogen-bond acceptors (Lipinski definition) is 3. The minimum atomic E-state index is -1.09. The van der Waals surface area contributed by atoms with Gasteiger partial charge in [0.05, 0.1) is 11.3 Å². The summed E-state index contributed by atoms with van der Waals surface area (Å²) < 4.78 is 5.59. The van der Waals surface area contributed by atoms with E-state index in [2.05, 4.69) is 12.2 Å². The fraction of sp³-hybridized carbons (Fsp3) is 0.222. The fourth-order valence-corrected chi connectivity index (χ4v) is 2.07. The van der Waals surface area contributed by atoms with Crippen LogP contribution in [0.15, 0.2) is 48.5 Å². The molecule has 5 heteroatoms. The van der Waals surface area contributed by atoms with Crippen molar-refractivity contribution in [3.63, 3.8) is 0 Å². The first kappa shape index (κ1) is 16.5. The Labute approximate surface area is 134 Å². The second-order valence-electron chi connectivity index (χ2n) is 5.10. The van der Waals surface area contributed by atoms with Crippen LogP contribution in [0.3, 0.4) is 0 Å². The number of nitrogens with one attached hydrogen (secondary N) is 1. The zero-order valence-corrected chi connectivity index (χ0v) is 13.1. The van der Waals surface area contributed by atoms with Gasteiger partial charge in [0, 0.05) is 0 Å². The van der Waals surface area contributed by atoms with Crippen molar-refractivity contribution < 1.29 is 19.4 Å². The summed E-state index contributed by atoms with van der Waals surface area (Å²) in [5.74, 6) is -0.903. The van der Waals surface area contributed by atoms with Crippen molar-refractivity contribution in [1.29, 1.82) is 0 Å². The molecule has 5 nitrogen and oxygen atoms in total. The number of carboxylic acids is 1. The molecule has 2 aromatic rings. The number of rotatable bonds is 6. The van der Waals surface area contributed by atoms with E-state index in [1.165, 1.54) is 11.6 Å². The predicted molar refractivity (Wildman–Crippen MR) is 87.9 cm³/mol. The molecule has 1 unspecified atom stereocenters. The van der Waals surface area contributed by atoms with Crippen molar-refractivity contribution in [2.75, 3.05) is 5.32 Å². The molecule has 2 N–H and O–H groups in total. The Bertz CT molecular complexity index is 694. The van der Waals surface area contributed by atoms with Crippen molar-refractivity contribution in [2.45, 2.75) is 26.4 Å². The number of hydrogen-bond donors (Lipinski definition) is 2. The topological polar surface area (TPSA) is 75.6 Å². The van der Waals surface area contributed by atoms with Gasteiger partial charge in [-0.05, 0) is 43.2 Å². The van der Waals surface area contributed by atoms with Gasteiger partial charge >= 0.3 is 5.97 Å². The zero-order valence-electron chi connectivity index (χ0n) is 13.1. The zero-order chi connectivity index (χ0) is 16.8. The fourth-order valence-electron chi connectivity index (χ4n) is 2.07. The summed E-state index contributed by atoms with van der Waals surface area (Å²) in [5.41, 5.74) is 1.48. The van der Waals surface area contributed by atoms with Crippen LogP contribution in [-0.4, -0.2) is 23.1 Å². The van der Waals surface area contributed by atoms with Gasteiger partial charge in [0.15, 0.2) is 6.10 Å². The highest BCUT2D eigenvalue weighted by Gasteiger charge is 2.18. The molecule has 0 fully saturated rings. The van der Waals surface area contributed by atoms with Crippen LogP contribution in [0.2, 0.25) is 0 Å². The molecule has 0 aliphatic carbocycles. The van der Waals surface area contributed by atoms with E-state index in [0.717, 1.165) is 6.42 Å². The third-order valence-electron chi connectivity index (χ3n) is 3.43. The quantitative estimate of drug-likeness (QED) is 0.857. The lowest BCUT2D eigenvalue weighted by Gasteiger charge is -2.16. The lowest BCUT2D eigenvalue weighted by atomic mass is 10.1. The molecule has 1 amide bonds. The largest absolute Gasteiger partial charge is 0.481 e. The number of amides is 1. The number of ether oxygens (including phenoxy) is 1. The SMILES string of the molecule is CCc1ccc(OC(C)C(=O)Nc2ccccc2C(=O)O)cc1. The Morgan fingerprint density at radius 2 is 1.78 bits per heavy atom. The van der Waals surface area contributed by atoms with Crippen LogP contribution in [-0.2, 0) is 11.2 Å². The molecule has 2 aromatic carbocycles. The van der Waals surface area contributed by atoms with E-state index in [9.17, 15) is 9.59 Å². The monoisotopic (exact) mass is 313 g/mol. The van der Waals surface area contributed by atoms with Crippen LogP contribution in [0.25, 0.3) is 0 Å². The van der Waals surface area contributed by atoms with Gasteiger partial charge in [0.2, 0.25) is 0 Å². The van der Waals surface area contributed by atoms with Crippen LogP contribution >= 0.6 is 0 Å². The van der Waals surface area contributed by atoms with Crippen molar-refractivity contribution in [1.82, 2.24) is 0 Å². The molecule has 2 rings (SSSR count). The summed E-state index contributed by atoms with van der Waals surface area (Å²) in [7, 11) is 0. The number of aromatic carboxylic acids is 1. The molecular weight excluding hydrogens is 294 g/mol. The average molecular weight is 313 g/mol. The number of carbonyl (C=O) groups excluding carboxylic acids is 1. The molecule has 0 bridgehead atoms. The van der Waals surface area contributed by atoms with Crippen LogP contribution in [0, 0.1) is 0 Å². The highest BCUT2D eigenvalue weighted by atomic mass is 16.5. The van der Waals surface area contributed by atoms with E-state index >= 15 is 0 Å². The molecule has 0 radical (unpaired) electrons. The second kappa shape index (κ2) is 7.45. The highest BCUT2D eigenvalue weighted by molar-refractivity contribution is 6.01. The molecule has 0 aromatic heterocycles. The molecule has 0 heterocycles. The summed E-state index contributed by atoms with van der Waals surface area (Å²) in [4.78, 5) is 23.3. The maximum absolute atomic E-state index is 12.2. The standard InChI is InChI=1S/C18H19NO4/c1-3-13-8-10-14(11-9-13)23-12(2)17(20)19-16-7-5-4-6-15(16)18(21)22/h4-12H,3H2,1-2H3,(H,19,20)(H,21,22). The normalized spacial score (nSPS) is 11.6. The molecule has 0 aliphatic rings. The summed E-state index contributed by atoms with van der Waals surface area (Å²) in [6.07, 6.45) is 0.187. The molecule has 0 saturated carbocycles. The van der Waals surface area contributed by atoms with E-state index in [0.29, 0.717) is 5.75 Å². The maximum Gasteiger partial charge on any atom is 0.337 e. The Morgan fingerprint density at radius 1 is 1.13 bits per heavy atom. The van der Waals surface area contributed by atoms with Crippen LogP contribution < -0.4 is 10.1 Å². The van der Waals surface area contributed by atoms with E-state index in [-0.39, 0.29) is 11.3 Å². The third-order valence-corrected chi connectivity index (χ3v) is 3.43. The van der Waals surface area contributed by atoms with Gasteiger partial charge < -0.3 is 15.2 Å². The summed E-state index contributed by atoms with van der Waals surface area (Å²) in [5, 5.41) is 11.7. The van der Waals surface area contributed by atoms with E-state index in [1.54, 1.807) is 25.1 Å². The van der Waals surface area contributed by atoms with Gasteiger partial charge in [-0.2, -0.15) is 0 Å². The predicted octanol–water partition coefficient (Wildman–Crippen LogP) is 3.35. The average Bonchev–Trinajstić information content (AvgIpc) is 2.55. The highest BCUT2D eigenvalue weighted by Crippen LogP contribution is 2.17. The summed E-state index contributed by atoms with van der Waals surface area (Å²) in [6, 6.07) is 13.8. The van der Waals surface area contributed by atoms with E-state index in [4.69, 9.17) is 9.84 Å². The van der Waals surface area contributed by atoms with Crippen molar-refractivity contribution in [2.24, 2.45) is 0 Å². The Balaban J connectivity index is 2.04. The van der Waals surface area contributed by atoms with Gasteiger partial charge in [0.25, 0.3) is 5.91 Å².